The Morgan fingerprint density at radius 2 is 2.00 bits per heavy atom. The van der Waals surface area contributed by atoms with Crippen molar-refractivity contribution in [2.75, 3.05) is 5.75 Å². The van der Waals surface area contributed by atoms with Crippen LogP contribution in [0.2, 0.25) is 0 Å². The molecule has 3 aromatic rings. The Bertz CT molecular complexity index is 982. The highest BCUT2D eigenvalue weighted by Crippen LogP contribution is 2.32. The lowest BCUT2D eigenvalue weighted by molar-refractivity contribution is 0.304. The molecule has 0 bridgehead atoms. The van der Waals surface area contributed by atoms with Gasteiger partial charge in [0, 0.05) is 12.4 Å². The van der Waals surface area contributed by atoms with Gasteiger partial charge in [0.2, 0.25) is 0 Å². The van der Waals surface area contributed by atoms with E-state index in [2.05, 4.69) is 20.2 Å². The van der Waals surface area contributed by atoms with Gasteiger partial charge in [-0.05, 0) is 54.7 Å². The third-order valence-electron chi connectivity index (χ3n) is 4.19. The molecule has 0 spiro atoms. The van der Waals surface area contributed by atoms with Crippen LogP contribution in [0.1, 0.15) is 18.4 Å². The highest BCUT2D eigenvalue weighted by molar-refractivity contribution is 7.91. The maximum atomic E-state index is 12.3. The summed E-state index contributed by atoms with van der Waals surface area (Å²) in [7, 11) is -3.32. The minimum Gasteiger partial charge on any atom is -0.487 e. The first-order chi connectivity index (χ1) is 12.6. The Balaban J connectivity index is 1.42. The summed E-state index contributed by atoms with van der Waals surface area (Å²) in [6.45, 7) is 0.250. The Morgan fingerprint density at radius 1 is 1.12 bits per heavy atom. The van der Waals surface area contributed by atoms with Crippen molar-refractivity contribution < 1.29 is 13.2 Å². The summed E-state index contributed by atoms with van der Waals surface area (Å²) in [6.07, 6.45) is 6.78. The lowest BCUT2D eigenvalue weighted by Crippen LogP contribution is -2.11. The number of rotatable bonds is 7. The van der Waals surface area contributed by atoms with Crippen molar-refractivity contribution in [3.63, 3.8) is 0 Å². The van der Waals surface area contributed by atoms with Crippen molar-refractivity contribution in [1.29, 1.82) is 0 Å². The van der Waals surface area contributed by atoms with E-state index in [1.807, 2.05) is 18.2 Å². The molecule has 1 aliphatic rings. The largest absolute Gasteiger partial charge is 0.487 e. The van der Waals surface area contributed by atoms with Gasteiger partial charge in [-0.1, -0.05) is 0 Å². The van der Waals surface area contributed by atoms with Gasteiger partial charge in [-0.3, -0.25) is 10.1 Å². The molecule has 0 aliphatic heterocycles. The van der Waals surface area contributed by atoms with Gasteiger partial charge in [-0.25, -0.2) is 13.4 Å². The van der Waals surface area contributed by atoms with Crippen LogP contribution in [0.4, 0.5) is 0 Å². The van der Waals surface area contributed by atoms with Crippen LogP contribution >= 0.6 is 0 Å². The maximum Gasteiger partial charge on any atom is 0.195 e. The monoisotopic (exact) mass is 370 g/mol. The number of aromatic nitrogens is 4. The third kappa shape index (κ3) is 3.91. The van der Waals surface area contributed by atoms with Crippen LogP contribution in [-0.4, -0.2) is 34.3 Å². The van der Waals surface area contributed by atoms with Crippen LogP contribution in [0.15, 0.2) is 53.9 Å². The molecule has 0 atom stereocenters. The molecule has 0 saturated heterocycles. The summed E-state index contributed by atoms with van der Waals surface area (Å²) in [5, 5.41) is 6.87. The molecule has 26 heavy (non-hydrogen) atoms. The van der Waals surface area contributed by atoms with E-state index in [1.54, 1.807) is 24.5 Å². The second-order valence-electron chi connectivity index (χ2n) is 6.37. The van der Waals surface area contributed by atoms with E-state index >= 15 is 0 Å². The van der Waals surface area contributed by atoms with E-state index in [9.17, 15) is 8.42 Å². The zero-order chi connectivity index (χ0) is 18.0. The van der Waals surface area contributed by atoms with Crippen molar-refractivity contribution in [3.05, 3.63) is 54.5 Å². The first-order valence-corrected chi connectivity index (χ1v) is 10.0. The summed E-state index contributed by atoms with van der Waals surface area (Å²) in [5.41, 5.74) is 2.36. The lowest BCUT2D eigenvalue weighted by Gasteiger charge is -2.08. The molecule has 1 saturated carbocycles. The van der Waals surface area contributed by atoms with E-state index in [0.29, 0.717) is 11.7 Å². The fourth-order valence-corrected chi connectivity index (χ4v) is 4.26. The van der Waals surface area contributed by atoms with Crippen LogP contribution in [0.3, 0.4) is 0 Å². The number of pyridine rings is 2. The molecule has 0 amide bonds. The van der Waals surface area contributed by atoms with Gasteiger partial charge in [0.25, 0.3) is 0 Å². The number of hydrogen-bond acceptors (Lipinski definition) is 6. The minimum absolute atomic E-state index is 0.123. The second kappa shape index (κ2) is 6.87. The van der Waals surface area contributed by atoms with Crippen molar-refractivity contribution in [2.24, 2.45) is 5.92 Å². The molecule has 0 aromatic carbocycles. The van der Waals surface area contributed by atoms with Crippen LogP contribution in [0.5, 0.6) is 5.75 Å². The van der Waals surface area contributed by atoms with Crippen LogP contribution in [-0.2, 0) is 16.4 Å². The molecule has 8 heteroatoms. The van der Waals surface area contributed by atoms with E-state index in [0.717, 1.165) is 29.8 Å². The smallest absolute Gasteiger partial charge is 0.195 e. The lowest BCUT2D eigenvalue weighted by atomic mass is 10.2. The molecule has 3 heterocycles. The van der Waals surface area contributed by atoms with Gasteiger partial charge in [0.15, 0.2) is 14.9 Å². The Labute approximate surface area is 151 Å². The van der Waals surface area contributed by atoms with E-state index < -0.39 is 9.84 Å². The molecule has 7 nitrogen and oxygen atoms in total. The molecular formula is C18H18N4O3S. The van der Waals surface area contributed by atoms with Gasteiger partial charge in [-0.15, -0.1) is 0 Å². The Kier molecular flexibility index (Phi) is 4.42. The Morgan fingerprint density at radius 3 is 2.69 bits per heavy atom. The number of ether oxygens (including phenoxy) is 1. The predicted molar refractivity (Wildman–Crippen MR) is 95.2 cm³/mol. The fourth-order valence-electron chi connectivity index (χ4n) is 2.58. The predicted octanol–water partition coefficient (Wildman–Crippen LogP) is 2.63. The number of hydrogen-bond donors (Lipinski definition) is 1. The van der Waals surface area contributed by atoms with E-state index in [4.69, 9.17) is 4.74 Å². The number of sulfone groups is 1. The summed E-state index contributed by atoms with van der Waals surface area (Å²) in [6, 6.07) is 8.83. The SMILES string of the molecule is O=S(=O)(CC1CC1)c1cc(COc2ccc(-c3ccn[nH]3)nc2)ccn1. The van der Waals surface area contributed by atoms with Crippen molar-refractivity contribution in [2.45, 2.75) is 24.5 Å². The normalized spacial score (nSPS) is 14.3. The minimum atomic E-state index is -3.32. The zero-order valence-electron chi connectivity index (χ0n) is 14.0. The van der Waals surface area contributed by atoms with Crippen LogP contribution in [0, 0.1) is 5.92 Å². The first kappa shape index (κ1) is 16.7. The highest BCUT2D eigenvalue weighted by Gasteiger charge is 2.29. The van der Waals surface area contributed by atoms with Crippen LogP contribution in [0.25, 0.3) is 11.4 Å². The molecule has 1 fully saturated rings. The van der Waals surface area contributed by atoms with Gasteiger partial charge >= 0.3 is 0 Å². The molecule has 0 unspecified atom stereocenters. The molecule has 134 valence electrons. The number of aromatic amines is 1. The summed E-state index contributed by atoms with van der Waals surface area (Å²) in [5.74, 6) is 1.08. The molecule has 0 radical (unpaired) electrons. The standard InChI is InChI=1S/C18H18N4O3S/c23-26(24,12-13-1-2-13)18-9-14(5-7-19-18)11-25-15-3-4-16(20-10-15)17-6-8-21-22-17/h3-10,13H,1-2,11-12H2,(H,21,22). The van der Waals surface area contributed by atoms with Crippen LogP contribution < -0.4 is 4.74 Å². The average Bonchev–Trinajstić information content (AvgIpc) is 3.28. The fraction of sp³-hybridized carbons (Fsp3) is 0.278. The number of nitrogens with one attached hydrogen (secondary N) is 1. The zero-order valence-corrected chi connectivity index (χ0v) is 14.8. The topological polar surface area (TPSA) is 97.8 Å². The van der Waals surface area contributed by atoms with Gasteiger partial charge in [-0.2, -0.15) is 5.10 Å². The third-order valence-corrected chi connectivity index (χ3v) is 5.96. The van der Waals surface area contributed by atoms with Crippen molar-refractivity contribution >= 4 is 9.84 Å². The molecule has 4 rings (SSSR count). The molecular weight excluding hydrogens is 352 g/mol. The average molecular weight is 370 g/mol. The Hall–Kier alpha value is -2.74. The quantitative estimate of drug-likeness (QED) is 0.686. The number of H-pyrrole nitrogens is 1. The summed E-state index contributed by atoms with van der Waals surface area (Å²) < 4.78 is 30.4. The van der Waals surface area contributed by atoms with Gasteiger partial charge < -0.3 is 4.74 Å². The highest BCUT2D eigenvalue weighted by atomic mass is 32.2. The van der Waals surface area contributed by atoms with E-state index in [1.165, 1.54) is 6.20 Å². The van der Waals surface area contributed by atoms with Crippen molar-refractivity contribution in [1.82, 2.24) is 20.2 Å². The second-order valence-corrected chi connectivity index (χ2v) is 8.35. The maximum absolute atomic E-state index is 12.3. The van der Waals surface area contributed by atoms with Gasteiger partial charge in [0.05, 0.1) is 23.3 Å². The summed E-state index contributed by atoms with van der Waals surface area (Å²) >= 11 is 0. The first-order valence-electron chi connectivity index (χ1n) is 8.36. The van der Waals surface area contributed by atoms with E-state index in [-0.39, 0.29) is 17.4 Å². The summed E-state index contributed by atoms with van der Waals surface area (Å²) in [4.78, 5) is 8.35. The number of nitrogens with zero attached hydrogens (tertiary/aromatic N) is 3. The molecule has 1 aliphatic carbocycles. The molecule has 1 N–H and O–H groups in total. The van der Waals surface area contributed by atoms with Crippen molar-refractivity contribution in [3.8, 4) is 17.1 Å². The van der Waals surface area contributed by atoms with Gasteiger partial charge in [0.1, 0.15) is 12.4 Å². The molecule has 3 aromatic heterocycles.